The lowest BCUT2D eigenvalue weighted by molar-refractivity contribution is 0.404. The highest BCUT2D eigenvalue weighted by molar-refractivity contribution is 6.07. The normalized spacial score (nSPS) is 12.6. The van der Waals surface area contributed by atoms with E-state index in [0.29, 0.717) is 0 Å². The van der Waals surface area contributed by atoms with E-state index in [9.17, 15) is 10.2 Å². The van der Waals surface area contributed by atoms with Gasteiger partial charge in [0.25, 0.3) is 0 Å². The van der Waals surface area contributed by atoms with Crippen molar-refractivity contribution in [3.05, 3.63) is 35.4 Å². The van der Waals surface area contributed by atoms with Gasteiger partial charge in [-0.15, -0.1) is 0 Å². The fourth-order valence-corrected chi connectivity index (χ4v) is 1.97. The first kappa shape index (κ1) is 7.44. The summed E-state index contributed by atoms with van der Waals surface area (Å²) in [6, 6.07) is 7.44. The van der Waals surface area contributed by atoms with Crippen LogP contribution in [0, 0.1) is 0 Å². The molecule has 3 rings (SSSR count). The van der Waals surface area contributed by atoms with E-state index in [2.05, 4.69) is 0 Å². The maximum atomic E-state index is 9.63. The number of hydrogen-bond acceptors (Lipinski definition) is 2. The monoisotopic (exact) mass is 184 g/mol. The summed E-state index contributed by atoms with van der Waals surface area (Å²) in [5, 5.41) is 21.1. The molecule has 0 heterocycles. The average Bonchev–Trinajstić information content (AvgIpc) is 2.60. The highest BCUT2D eigenvalue weighted by atomic mass is 16.3. The van der Waals surface area contributed by atoms with E-state index in [1.807, 2.05) is 30.4 Å². The van der Waals surface area contributed by atoms with Gasteiger partial charge in [0, 0.05) is 10.9 Å². The molecule has 0 spiro atoms. The second-order valence-corrected chi connectivity index (χ2v) is 3.44. The van der Waals surface area contributed by atoms with Gasteiger partial charge in [0.1, 0.15) is 0 Å². The van der Waals surface area contributed by atoms with Crippen LogP contribution in [0.1, 0.15) is 11.1 Å². The Labute approximate surface area is 80.7 Å². The van der Waals surface area contributed by atoms with E-state index in [4.69, 9.17) is 0 Å². The number of rotatable bonds is 0. The predicted molar refractivity (Wildman–Crippen MR) is 56.2 cm³/mol. The molecule has 0 unspecified atom stereocenters. The Hall–Kier alpha value is -1.96. The Morgan fingerprint density at radius 3 is 2.71 bits per heavy atom. The highest BCUT2D eigenvalue weighted by Gasteiger charge is 2.15. The number of hydrogen-bond donors (Lipinski definition) is 2. The first-order valence-electron chi connectivity index (χ1n) is 4.43. The standard InChI is InChI=1S/C12H8O2/c13-10-6-8-3-1-2-7-4-5-9(11(7)8)12(10)14/h1-6,13-14H. The molecule has 1 aliphatic rings. The van der Waals surface area contributed by atoms with Crippen molar-refractivity contribution in [3.8, 4) is 11.5 Å². The Balaban J connectivity index is 2.61. The van der Waals surface area contributed by atoms with Gasteiger partial charge in [-0.1, -0.05) is 24.3 Å². The molecule has 2 nitrogen and oxygen atoms in total. The van der Waals surface area contributed by atoms with Gasteiger partial charge in [0.2, 0.25) is 0 Å². The number of aromatic hydroxyl groups is 2. The van der Waals surface area contributed by atoms with E-state index < -0.39 is 0 Å². The lowest BCUT2D eigenvalue weighted by Crippen LogP contribution is -1.80. The van der Waals surface area contributed by atoms with Crippen molar-refractivity contribution < 1.29 is 10.2 Å². The van der Waals surface area contributed by atoms with Gasteiger partial charge in [-0.3, -0.25) is 0 Å². The molecule has 0 bridgehead atoms. The molecule has 68 valence electrons. The SMILES string of the molecule is Oc1cc2cccc3c2c(c1O)C=C3. The maximum absolute atomic E-state index is 9.63. The summed E-state index contributed by atoms with van der Waals surface area (Å²) in [5.41, 5.74) is 1.81. The average molecular weight is 184 g/mol. The van der Waals surface area contributed by atoms with E-state index >= 15 is 0 Å². The van der Waals surface area contributed by atoms with Gasteiger partial charge >= 0.3 is 0 Å². The van der Waals surface area contributed by atoms with Gasteiger partial charge in [-0.2, -0.15) is 0 Å². The molecule has 0 saturated heterocycles. The molecular formula is C12H8O2. The fourth-order valence-electron chi connectivity index (χ4n) is 1.97. The summed E-state index contributed by atoms with van der Waals surface area (Å²) in [6.07, 6.45) is 3.77. The van der Waals surface area contributed by atoms with Crippen LogP contribution in [-0.2, 0) is 0 Å². The Bertz CT molecular complexity index is 568. The maximum Gasteiger partial charge on any atom is 0.165 e. The van der Waals surface area contributed by atoms with Crippen LogP contribution in [0.15, 0.2) is 24.3 Å². The van der Waals surface area contributed by atoms with Crippen molar-refractivity contribution in [2.45, 2.75) is 0 Å². The van der Waals surface area contributed by atoms with Crippen molar-refractivity contribution in [2.24, 2.45) is 0 Å². The summed E-state index contributed by atoms with van der Waals surface area (Å²) in [6.45, 7) is 0. The molecule has 0 aromatic heterocycles. The van der Waals surface area contributed by atoms with Gasteiger partial charge in [-0.25, -0.2) is 0 Å². The minimum absolute atomic E-state index is 0.0290. The molecule has 0 radical (unpaired) electrons. The molecule has 0 atom stereocenters. The molecule has 2 aromatic rings. The van der Waals surface area contributed by atoms with Crippen LogP contribution >= 0.6 is 0 Å². The predicted octanol–water partition coefficient (Wildman–Crippen LogP) is 2.73. The first-order chi connectivity index (χ1) is 6.77. The zero-order valence-corrected chi connectivity index (χ0v) is 7.36. The summed E-state index contributed by atoms with van der Waals surface area (Å²) in [5.74, 6) is -0.0881. The second-order valence-electron chi connectivity index (χ2n) is 3.44. The molecule has 0 aliphatic heterocycles. The quantitative estimate of drug-likeness (QED) is 0.527. The summed E-state index contributed by atoms with van der Waals surface area (Å²) >= 11 is 0. The second kappa shape index (κ2) is 2.29. The summed E-state index contributed by atoms with van der Waals surface area (Å²) < 4.78 is 0. The Morgan fingerprint density at radius 2 is 1.86 bits per heavy atom. The zero-order chi connectivity index (χ0) is 9.71. The van der Waals surface area contributed by atoms with Gasteiger partial charge < -0.3 is 10.2 Å². The van der Waals surface area contributed by atoms with E-state index in [-0.39, 0.29) is 11.5 Å². The zero-order valence-electron chi connectivity index (χ0n) is 7.36. The number of phenols is 2. The third-order valence-corrected chi connectivity index (χ3v) is 2.62. The van der Waals surface area contributed by atoms with Crippen LogP contribution in [0.4, 0.5) is 0 Å². The molecule has 1 aliphatic carbocycles. The van der Waals surface area contributed by atoms with Crippen molar-refractivity contribution in [1.29, 1.82) is 0 Å². The van der Waals surface area contributed by atoms with Crippen LogP contribution in [0.5, 0.6) is 11.5 Å². The largest absolute Gasteiger partial charge is 0.504 e. The molecule has 2 heteroatoms. The van der Waals surface area contributed by atoms with Crippen LogP contribution in [-0.4, -0.2) is 10.2 Å². The Kier molecular flexibility index (Phi) is 1.22. The van der Waals surface area contributed by atoms with Crippen LogP contribution in [0.2, 0.25) is 0 Å². The lowest BCUT2D eigenvalue weighted by Gasteiger charge is -2.05. The fraction of sp³-hybridized carbons (Fsp3) is 0. The molecule has 14 heavy (non-hydrogen) atoms. The van der Waals surface area contributed by atoms with Crippen molar-refractivity contribution >= 4 is 22.9 Å². The first-order valence-corrected chi connectivity index (χ1v) is 4.43. The Morgan fingerprint density at radius 1 is 1.00 bits per heavy atom. The minimum atomic E-state index is -0.0591. The summed E-state index contributed by atoms with van der Waals surface area (Å²) in [7, 11) is 0. The molecule has 2 aromatic carbocycles. The third kappa shape index (κ3) is 0.752. The van der Waals surface area contributed by atoms with Crippen molar-refractivity contribution in [2.75, 3.05) is 0 Å². The summed E-state index contributed by atoms with van der Waals surface area (Å²) in [4.78, 5) is 0. The highest BCUT2D eigenvalue weighted by Crippen LogP contribution is 2.41. The van der Waals surface area contributed by atoms with Gasteiger partial charge in [0.15, 0.2) is 11.5 Å². The van der Waals surface area contributed by atoms with Crippen LogP contribution in [0.3, 0.4) is 0 Å². The van der Waals surface area contributed by atoms with E-state index in [0.717, 1.165) is 21.9 Å². The number of benzene rings is 2. The minimum Gasteiger partial charge on any atom is -0.504 e. The van der Waals surface area contributed by atoms with Crippen molar-refractivity contribution in [1.82, 2.24) is 0 Å². The van der Waals surface area contributed by atoms with Crippen LogP contribution < -0.4 is 0 Å². The molecule has 2 N–H and O–H groups in total. The third-order valence-electron chi connectivity index (χ3n) is 2.62. The molecule has 0 fully saturated rings. The smallest absolute Gasteiger partial charge is 0.165 e. The molecule has 0 amide bonds. The van der Waals surface area contributed by atoms with Crippen LogP contribution in [0.25, 0.3) is 22.9 Å². The van der Waals surface area contributed by atoms with E-state index in [1.165, 1.54) is 0 Å². The molecular weight excluding hydrogens is 176 g/mol. The number of phenolic OH excluding ortho intramolecular Hbond substituents is 2. The van der Waals surface area contributed by atoms with Gasteiger partial charge in [-0.05, 0) is 23.1 Å². The molecule has 0 saturated carbocycles. The van der Waals surface area contributed by atoms with Gasteiger partial charge in [0.05, 0.1) is 0 Å². The van der Waals surface area contributed by atoms with Crippen molar-refractivity contribution in [3.63, 3.8) is 0 Å². The topological polar surface area (TPSA) is 40.5 Å². The van der Waals surface area contributed by atoms with E-state index in [1.54, 1.807) is 6.07 Å². The lowest BCUT2D eigenvalue weighted by atomic mass is 10.0.